The fourth-order valence-electron chi connectivity index (χ4n) is 2.71. The lowest BCUT2D eigenvalue weighted by Gasteiger charge is -2.09. The summed E-state index contributed by atoms with van der Waals surface area (Å²) in [6, 6.07) is 9.75. The van der Waals surface area contributed by atoms with Gasteiger partial charge in [-0.2, -0.15) is 0 Å². The summed E-state index contributed by atoms with van der Waals surface area (Å²) in [7, 11) is 0. The van der Waals surface area contributed by atoms with Crippen LogP contribution in [0.15, 0.2) is 48.1 Å². The Hall–Kier alpha value is -2.93. The van der Waals surface area contributed by atoms with Crippen LogP contribution in [0.2, 0.25) is 0 Å². The van der Waals surface area contributed by atoms with Crippen molar-refractivity contribution in [3.8, 4) is 17.1 Å². The number of anilines is 2. The second-order valence-corrected chi connectivity index (χ2v) is 6.29. The van der Waals surface area contributed by atoms with Crippen molar-refractivity contribution in [1.29, 1.82) is 0 Å². The average Bonchev–Trinajstić information content (AvgIpc) is 3.19. The molecule has 0 aliphatic carbocycles. The molecule has 1 aromatic carbocycles. The molecule has 3 aromatic heterocycles. The van der Waals surface area contributed by atoms with Gasteiger partial charge in [-0.3, -0.25) is 4.40 Å². The van der Waals surface area contributed by atoms with Crippen LogP contribution in [0, 0.1) is 6.92 Å². The van der Waals surface area contributed by atoms with Gasteiger partial charge in [-0.05, 0) is 32.0 Å². The average molecular weight is 351 g/mol. The first-order valence-electron chi connectivity index (χ1n) is 8.00. The van der Waals surface area contributed by atoms with E-state index >= 15 is 0 Å². The molecule has 0 radical (unpaired) electrons. The third kappa shape index (κ3) is 2.94. The topological polar surface area (TPSA) is 64.3 Å². The normalized spacial score (nSPS) is 11.0. The number of nitrogens with one attached hydrogen (secondary N) is 1. The Morgan fingerprint density at radius 1 is 1.20 bits per heavy atom. The van der Waals surface area contributed by atoms with Gasteiger partial charge in [-0.25, -0.2) is 15.0 Å². The molecule has 0 saturated heterocycles. The molecule has 1 N–H and O–H groups in total. The van der Waals surface area contributed by atoms with Crippen LogP contribution in [0.1, 0.15) is 12.6 Å². The molecule has 3 heterocycles. The lowest BCUT2D eigenvalue weighted by atomic mass is 10.3. The quantitative estimate of drug-likeness (QED) is 0.581. The summed E-state index contributed by atoms with van der Waals surface area (Å²) < 4.78 is 7.62. The van der Waals surface area contributed by atoms with Crippen LogP contribution in [0.5, 0.6) is 5.75 Å². The van der Waals surface area contributed by atoms with Gasteiger partial charge in [0.25, 0.3) is 0 Å². The summed E-state index contributed by atoms with van der Waals surface area (Å²) in [4.78, 5) is 13.5. The Kier molecular flexibility index (Phi) is 4.07. The first-order chi connectivity index (χ1) is 12.3. The zero-order valence-corrected chi connectivity index (χ0v) is 14.7. The van der Waals surface area contributed by atoms with Crippen LogP contribution in [-0.2, 0) is 0 Å². The van der Waals surface area contributed by atoms with Crippen LogP contribution in [0.3, 0.4) is 0 Å². The number of imidazole rings is 1. The molecule has 4 aromatic rings. The number of benzene rings is 1. The van der Waals surface area contributed by atoms with Crippen LogP contribution in [0.25, 0.3) is 17.2 Å². The van der Waals surface area contributed by atoms with E-state index in [4.69, 9.17) is 9.72 Å². The highest BCUT2D eigenvalue weighted by molar-refractivity contribution is 7.14. The number of hydrogen-bond acceptors (Lipinski definition) is 6. The second kappa shape index (κ2) is 6.52. The van der Waals surface area contributed by atoms with Gasteiger partial charge in [0.05, 0.1) is 23.7 Å². The van der Waals surface area contributed by atoms with Crippen LogP contribution >= 0.6 is 11.3 Å². The molecule has 6 nitrogen and oxygen atoms in total. The van der Waals surface area contributed by atoms with E-state index < -0.39 is 0 Å². The summed E-state index contributed by atoms with van der Waals surface area (Å²) >= 11 is 1.55. The molecular weight excluding hydrogens is 334 g/mol. The minimum absolute atomic E-state index is 0.621. The summed E-state index contributed by atoms with van der Waals surface area (Å²) in [5.74, 6) is 1.50. The molecule has 25 heavy (non-hydrogen) atoms. The SMILES string of the molecule is CCOc1ccccc1Nc1nc(-c2c(C)nc3ncccn23)cs1. The lowest BCUT2D eigenvalue weighted by molar-refractivity contribution is 0.342. The minimum atomic E-state index is 0.621. The molecule has 7 heteroatoms. The van der Waals surface area contributed by atoms with Gasteiger partial charge < -0.3 is 10.1 Å². The largest absolute Gasteiger partial charge is 0.492 e. The van der Waals surface area contributed by atoms with Crippen molar-refractivity contribution in [1.82, 2.24) is 19.4 Å². The smallest absolute Gasteiger partial charge is 0.234 e. The summed E-state index contributed by atoms with van der Waals surface area (Å²) in [5, 5.41) is 6.17. The van der Waals surface area contributed by atoms with Gasteiger partial charge in [-0.15, -0.1) is 11.3 Å². The van der Waals surface area contributed by atoms with Gasteiger partial charge in [0, 0.05) is 17.8 Å². The first-order valence-corrected chi connectivity index (χ1v) is 8.88. The van der Waals surface area contributed by atoms with Crippen LogP contribution in [-0.4, -0.2) is 26.0 Å². The van der Waals surface area contributed by atoms with E-state index in [0.29, 0.717) is 12.4 Å². The highest BCUT2D eigenvalue weighted by Crippen LogP contribution is 2.32. The number of hydrogen-bond donors (Lipinski definition) is 1. The minimum Gasteiger partial charge on any atom is -0.492 e. The Labute approximate surface area is 149 Å². The Morgan fingerprint density at radius 2 is 2.08 bits per heavy atom. The number of nitrogens with zero attached hydrogens (tertiary/aromatic N) is 4. The fourth-order valence-corrected chi connectivity index (χ4v) is 3.42. The zero-order chi connectivity index (χ0) is 17.2. The maximum absolute atomic E-state index is 5.66. The number of ether oxygens (including phenoxy) is 1. The van der Waals surface area contributed by atoms with Crippen molar-refractivity contribution in [2.75, 3.05) is 11.9 Å². The number of fused-ring (bicyclic) bond motifs is 1. The van der Waals surface area contributed by atoms with E-state index in [2.05, 4.69) is 15.3 Å². The maximum Gasteiger partial charge on any atom is 0.234 e. The molecule has 0 aliphatic rings. The highest BCUT2D eigenvalue weighted by Gasteiger charge is 2.15. The van der Waals surface area contributed by atoms with E-state index in [-0.39, 0.29) is 0 Å². The number of aryl methyl sites for hydroxylation is 1. The molecule has 0 atom stereocenters. The van der Waals surface area contributed by atoms with Gasteiger partial charge in [0.2, 0.25) is 5.78 Å². The number of para-hydroxylation sites is 2. The van der Waals surface area contributed by atoms with Crippen molar-refractivity contribution in [2.24, 2.45) is 0 Å². The van der Waals surface area contributed by atoms with E-state index in [1.807, 2.05) is 60.2 Å². The summed E-state index contributed by atoms with van der Waals surface area (Å²) in [5.41, 5.74) is 3.65. The van der Waals surface area contributed by atoms with Crippen molar-refractivity contribution >= 4 is 27.9 Å². The fraction of sp³-hybridized carbons (Fsp3) is 0.167. The third-order valence-electron chi connectivity index (χ3n) is 3.75. The molecule has 0 amide bonds. The molecule has 0 spiro atoms. The monoisotopic (exact) mass is 351 g/mol. The van der Waals surface area contributed by atoms with Crippen LogP contribution < -0.4 is 10.1 Å². The highest BCUT2D eigenvalue weighted by atomic mass is 32.1. The molecule has 0 unspecified atom stereocenters. The molecule has 4 rings (SSSR count). The Morgan fingerprint density at radius 3 is 2.96 bits per heavy atom. The Balaban J connectivity index is 1.68. The summed E-state index contributed by atoms with van der Waals surface area (Å²) in [6.07, 6.45) is 3.69. The zero-order valence-electron chi connectivity index (χ0n) is 13.9. The Bertz CT molecular complexity index is 1020. The van der Waals surface area contributed by atoms with Gasteiger partial charge in [-0.1, -0.05) is 12.1 Å². The van der Waals surface area contributed by atoms with E-state index in [1.165, 1.54) is 0 Å². The van der Waals surface area contributed by atoms with Crippen molar-refractivity contribution in [3.63, 3.8) is 0 Å². The van der Waals surface area contributed by atoms with Crippen LogP contribution in [0.4, 0.5) is 10.8 Å². The predicted octanol–water partition coefficient (Wildman–Crippen LogP) is 4.30. The molecule has 0 aliphatic heterocycles. The van der Waals surface area contributed by atoms with Crippen molar-refractivity contribution in [3.05, 3.63) is 53.8 Å². The molecular formula is C18H17N5OS. The molecule has 126 valence electrons. The van der Waals surface area contributed by atoms with E-state index in [9.17, 15) is 0 Å². The summed E-state index contributed by atoms with van der Waals surface area (Å²) in [6.45, 7) is 4.57. The number of aromatic nitrogens is 4. The van der Waals surface area contributed by atoms with Gasteiger partial charge in [0.15, 0.2) is 5.13 Å². The second-order valence-electron chi connectivity index (χ2n) is 5.43. The van der Waals surface area contributed by atoms with Crippen molar-refractivity contribution < 1.29 is 4.74 Å². The van der Waals surface area contributed by atoms with Gasteiger partial charge >= 0.3 is 0 Å². The van der Waals surface area contributed by atoms with Gasteiger partial charge in [0.1, 0.15) is 11.4 Å². The molecule has 0 fully saturated rings. The lowest BCUT2D eigenvalue weighted by Crippen LogP contribution is -1.97. The first kappa shape index (κ1) is 15.6. The standard InChI is InChI=1S/C18H17N5OS/c1-3-24-15-8-5-4-7-13(15)21-18-22-14(11-25-18)16-12(2)20-17-19-9-6-10-23(16)17/h4-11H,3H2,1-2H3,(H,21,22). The maximum atomic E-state index is 5.66. The van der Waals surface area contributed by atoms with Crippen molar-refractivity contribution in [2.45, 2.75) is 13.8 Å². The van der Waals surface area contributed by atoms with E-state index in [1.54, 1.807) is 17.5 Å². The molecule has 0 saturated carbocycles. The van der Waals surface area contributed by atoms with E-state index in [0.717, 1.165) is 33.7 Å². The predicted molar refractivity (Wildman–Crippen MR) is 99.7 cm³/mol. The third-order valence-corrected chi connectivity index (χ3v) is 4.51. The molecule has 0 bridgehead atoms. The number of rotatable bonds is 5. The number of thiazole rings is 1.